The Morgan fingerprint density at radius 3 is 2.35 bits per heavy atom. The van der Waals surface area contributed by atoms with Crippen molar-refractivity contribution in [3.05, 3.63) is 98.8 Å². The molecule has 0 aliphatic rings. The lowest BCUT2D eigenvalue weighted by molar-refractivity contribution is -0.253. The molecule has 8 nitrogen and oxygen atoms in total. The normalized spacial score (nSPS) is 13.0. The van der Waals surface area contributed by atoms with Gasteiger partial charge in [-0.15, -0.1) is 0 Å². The molecule has 1 N–H and O–H groups in total. The highest BCUT2D eigenvalue weighted by atomic mass is 32.2. The smallest absolute Gasteiger partial charge is 0.428 e. The molecule has 13 heteroatoms. The molecule has 0 bridgehead atoms. The first-order valence-electron chi connectivity index (χ1n) is 11.0. The number of halogens is 4. The van der Waals surface area contributed by atoms with Crippen LogP contribution >= 0.6 is 0 Å². The molecule has 1 heterocycles. The van der Waals surface area contributed by atoms with Crippen LogP contribution in [0.2, 0.25) is 0 Å². The zero-order valence-corrected chi connectivity index (χ0v) is 20.2. The van der Waals surface area contributed by atoms with Crippen molar-refractivity contribution in [2.75, 3.05) is 18.1 Å². The number of aromatic amines is 1. The molecule has 200 valence electrons. The third kappa shape index (κ3) is 8.29. The molecule has 0 fully saturated rings. The van der Waals surface area contributed by atoms with Crippen molar-refractivity contribution in [1.29, 1.82) is 0 Å². The number of rotatable bonds is 13. The van der Waals surface area contributed by atoms with Crippen LogP contribution in [-0.2, 0) is 21.3 Å². The summed E-state index contributed by atoms with van der Waals surface area (Å²) >= 11 is 0. The highest BCUT2D eigenvalue weighted by Gasteiger charge is 2.44. The van der Waals surface area contributed by atoms with E-state index < -0.39 is 45.3 Å². The molecule has 0 spiro atoms. The van der Waals surface area contributed by atoms with E-state index in [0.29, 0.717) is 11.1 Å². The van der Waals surface area contributed by atoms with E-state index in [9.17, 15) is 35.6 Å². The monoisotopic (exact) mass is 544 g/mol. The quantitative estimate of drug-likeness (QED) is 0.261. The summed E-state index contributed by atoms with van der Waals surface area (Å²) in [5.41, 5.74) is -0.341. The van der Waals surface area contributed by atoms with Gasteiger partial charge in [-0.1, -0.05) is 42.5 Å². The largest absolute Gasteiger partial charge is 0.461 e. The van der Waals surface area contributed by atoms with Crippen molar-refractivity contribution in [3.63, 3.8) is 0 Å². The van der Waals surface area contributed by atoms with Crippen molar-refractivity contribution in [2.24, 2.45) is 0 Å². The maximum atomic E-state index is 13.4. The van der Waals surface area contributed by atoms with Crippen LogP contribution in [0.25, 0.3) is 0 Å². The van der Waals surface area contributed by atoms with Crippen LogP contribution in [0.15, 0.2) is 76.4 Å². The third-order valence-electron chi connectivity index (χ3n) is 5.26. The second-order valence-corrected chi connectivity index (χ2v) is 10.3. The highest BCUT2D eigenvalue weighted by Crippen LogP contribution is 2.32. The summed E-state index contributed by atoms with van der Waals surface area (Å²) < 4.78 is 88.3. The molecular weight excluding hydrogens is 520 g/mol. The molecule has 0 saturated heterocycles. The first kappa shape index (κ1) is 28.1. The molecule has 1 aromatic heterocycles. The van der Waals surface area contributed by atoms with Crippen molar-refractivity contribution < 1.29 is 35.5 Å². The molecule has 0 saturated carbocycles. The number of ether oxygens (including phenoxy) is 2. The molecule has 0 amide bonds. The Balaban J connectivity index is 1.69. The van der Waals surface area contributed by atoms with Gasteiger partial charge in [0.2, 0.25) is 0 Å². The molecule has 37 heavy (non-hydrogen) atoms. The lowest BCUT2D eigenvalue weighted by Crippen LogP contribution is -2.33. The second-order valence-electron chi connectivity index (χ2n) is 8.09. The van der Waals surface area contributed by atoms with Gasteiger partial charge in [-0.05, 0) is 29.7 Å². The fourth-order valence-electron chi connectivity index (χ4n) is 3.49. The van der Waals surface area contributed by atoms with E-state index in [4.69, 9.17) is 4.74 Å². The Bertz CT molecular complexity index is 1390. The topological polar surface area (TPSA) is 107 Å². The van der Waals surface area contributed by atoms with Gasteiger partial charge in [0.15, 0.2) is 9.84 Å². The van der Waals surface area contributed by atoms with Gasteiger partial charge in [-0.25, -0.2) is 13.2 Å². The van der Waals surface area contributed by atoms with Gasteiger partial charge in [0.05, 0.1) is 11.5 Å². The summed E-state index contributed by atoms with van der Waals surface area (Å²) in [6.07, 6.45) is -7.39. The Morgan fingerprint density at radius 2 is 1.68 bits per heavy atom. The highest BCUT2D eigenvalue weighted by molar-refractivity contribution is 7.91. The molecule has 0 radical (unpaired) electrons. The Labute approximate surface area is 209 Å². The lowest BCUT2D eigenvalue weighted by atomic mass is 9.93. The summed E-state index contributed by atoms with van der Waals surface area (Å²) in [7, 11) is -3.70. The fourth-order valence-corrected chi connectivity index (χ4v) is 5.11. The van der Waals surface area contributed by atoms with Gasteiger partial charge in [0.1, 0.15) is 12.5 Å². The Hall–Kier alpha value is -3.45. The van der Waals surface area contributed by atoms with Gasteiger partial charge in [-0.2, -0.15) is 17.6 Å². The van der Waals surface area contributed by atoms with Gasteiger partial charge in [0.25, 0.3) is 5.56 Å². The fraction of sp³-hybridized carbons (Fsp3) is 0.333. The first-order chi connectivity index (χ1) is 17.5. The number of alkyl halides is 4. The number of sulfone groups is 1. The molecule has 2 aromatic carbocycles. The summed E-state index contributed by atoms with van der Waals surface area (Å²) in [5, 5.41) is 0. The van der Waals surface area contributed by atoms with E-state index in [1.807, 2.05) is 0 Å². The maximum absolute atomic E-state index is 13.4. The standard InChI is InChI=1S/C24H24F4N2O6S/c25-22(26)24(27,28)36-19-9-4-8-18(14-19)20(17-6-2-1-3-7-17)15-37(33,34)13-5-12-35-16-30-11-10-21(31)29-23(30)32/h1-4,6-11,14,20,22H,5,12-13,15-16H2,(H,29,31,32). The van der Waals surface area contributed by atoms with Crippen molar-refractivity contribution >= 4 is 9.84 Å². The first-order valence-corrected chi connectivity index (χ1v) is 12.9. The lowest BCUT2D eigenvalue weighted by Gasteiger charge is -2.21. The zero-order chi connectivity index (χ0) is 27.1. The van der Waals surface area contributed by atoms with E-state index >= 15 is 0 Å². The Kier molecular flexibility index (Phi) is 9.27. The molecule has 3 rings (SSSR count). The third-order valence-corrected chi connectivity index (χ3v) is 7.01. The number of nitrogens with one attached hydrogen (secondary N) is 1. The zero-order valence-electron chi connectivity index (χ0n) is 19.4. The van der Waals surface area contributed by atoms with E-state index in [2.05, 4.69) is 9.72 Å². The summed E-state index contributed by atoms with van der Waals surface area (Å²) in [5.74, 6) is -1.95. The van der Waals surface area contributed by atoms with Crippen LogP contribution in [0.5, 0.6) is 5.75 Å². The van der Waals surface area contributed by atoms with Crippen molar-refractivity contribution in [2.45, 2.75) is 31.6 Å². The van der Waals surface area contributed by atoms with Crippen molar-refractivity contribution in [1.82, 2.24) is 9.55 Å². The van der Waals surface area contributed by atoms with Gasteiger partial charge in [-0.3, -0.25) is 14.3 Å². The van der Waals surface area contributed by atoms with Crippen molar-refractivity contribution in [3.8, 4) is 5.75 Å². The summed E-state index contributed by atoms with van der Waals surface area (Å²) in [6.45, 7) is -0.175. The number of aromatic nitrogens is 2. The van der Waals surface area contributed by atoms with Crippen LogP contribution in [0.1, 0.15) is 23.5 Å². The second kappa shape index (κ2) is 12.2. The van der Waals surface area contributed by atoms with E-state index in [1.165, 1.54) is 18.3 Å². The number of hydrogen-bond donors (Lipinski definition) is 1. The molecule has 1 atom stereocenters. The average Bonchev–Trinajstić information content (AvgIpc) is 2.84. The number of nitrogens with zero attached hydrogens (tertiary/aromatic N) is 1. The van der Waals surface area contributed by atoms with Crippen LogP contribution < -0.4 is 16.0 Å². The minimum Gasteiger partial charge on any atom is -0.428 e. The predicted molar refractivity (Wildman–Crippen MR) is 127 cm³/mol. The van der Waals surface area contributed by atoms with Gasteiger partial charge >= 0.3 is 18.2 Å². The van der Waals surface area contributed by atoms with E-state index in [0.717, 1.165) is 22.8 Å². The number of hydrogen-bond acceptors (Lipinski definition) is 6. The summed E-state index contributed by atoms with van der Waals surface area (Å²) in [6, 6.07) is 14.6. The summed E-state index contributed by atoms with van der Waals surface area (Å²) in [4.78, 5) is 24.8. The average molecular weight is 545 g/mol. The number of benzene rings is 2. The van der Waals surface area contributed by atoms with E-state index in [-0.39, 0.29) is 31.3 Å². The SMILES string of the molecule is O=c1ccn(COCCCS(=O)(=O)CC(c2ccccc2)c2cccc(OC(F)(F)C(F)F)c2)c(=O)[nH]1. The van der Waals surface area contributed by atoms with Gasteiger partial charge in [0, 0.05) is 24.8 Å². The number of H-pyrrole nitrogens is 1. The molecule has 0 aliphatic carbocycles. The maximum Gasteiger partial charge on any atom is 0.461 e. The minimum absolute atomic E-state index is 0.00678. The Morgan fingerprint density at radius 1 is 0.973 bits per heavy atom. The van der Waals surface area contributed by atoms with Crippen LogP contribution in [-0.4, -0.2) is 48.6 Å². The van der Waals surface area contributed by atoms with E-state index in [1.54, 1.807) is 30.3 Å². The molecule has 0 aliphatic heterocycles. The molecule has 1 unspecified atom stereocenters. The molecular formula is C24H24F4N2O6S. The van der Waals surface area contributed by atoms with Gasteiger partial charge < -0.3 is 9.47 Å². The minimum atomic E-state index is -4.70. The van der Waals surface area contributed by atoms with Crippen LogP contribution in [0.4, 0.5) is 17.6 Å². The van der Waals surface area contributed by atoms with Crippen LogP contribution in [0.3, 0.4) is 0 Å². The molecule has 3 aromatic rings. The predicted octanol–water partition coefficient (Wildman–Crippen LogP) is 3.38. The van der Waals surface area contributed by atoms with Crippen LogP contribution in [0, 0.1) is 0 Å².